The number of halogens is 2. The molecule has 0 atom stereocenters. The second-order valence-electron chi connectivity index (χ2n) is 6.61. The minimum atomic E-state index is -0.129. The molecule has 1 heterocycles. The zero-order valence-electron chi connectivity index (χ0n) is 17.1. The van der Waals surface area contributed by atoms with Crippen LogP contribution in [0.4, 0.5) is 10.1 Å². The molecule has 0 unspecified atom stereocenters. The van der Waals surface area contributed by atoms with E-state index in [1.807, 2.05) is 19.1 Å². The number of nitrogens with one attached hydrogen (secondary N) is 2. The van der Waals surface area contributed by atoms with Gasteiger partial charge in [-0.3, -0.25) is 9.89 Å². The van der Waals surface area contributed by atoms with E-state index in [0.717, 1.165) is 83.5 Å². The van der Waals surface area contributed by atoms with Gasteiger partial charge in [-0.1, -0.05) is 12.1 Å². The van der Waals surface area contributed by atoms with Gasteiger partial charge in [-0.25, -0.2) is 4.39 Å². The lowest BCUT2D eigenvalue weighted by Gasteiger charge is -2.36. The summed E-state index contributed by atoms with van der Waals surface area (Å²) >= 11 is 0. The van der Waals surface area contributed by atoms with Gasteiger partial charge in [0.2, 0.25) is 0 Å². The smallest absolute Gasteiger partial charge is 0.190 e. The van der Waals surface area contributed by atoms with Crippen molar-refractivity contribution in [3.8, 4) is 0 Å². The molecule has 6 nitrogen and oxygen atoms in total. The van der Waals surface area contributed by atoms with Crippen LogP contribution in [0, 0.1) is 5.82 Å². The van der Waals surface area contributed by atoms with Crippen LogP contribution in [0.1, 0.15) is 19.8 Å². The van der Waals surface area contributed by atoms with Gasteiger partial charge in [0, 0.05) is 59.5 Å². The van der Waals surface area contributed by atoms with Crippen molar-refractivity contribution in [2.75, 3.05) is 71.0 Å². The minimum absolute atomic E-state index is 0. The topological polar surface area (TPSA) is 52.1 Å². The largest absolute Gasteiger partial charge is 0.382 e. The average Bonchev–Trinajstić information content (AvgIpc) is 2.70. The Kier molecular flexibility index (Phi) is 13.2. The molecule has 28 heavy (non-hydrogen) atoms. The Morgan fingerprint density at radius 2 is 1.79 bits per heavy atom. The molecule has 0 bridgehead atoms. The van der Waals surface area contributed by atoms with Gasteiger partial charge in [-0.2, -0.15) is 0 Å². The number of guanidine groups is 1. The molecular weight excluding hydrogens is 472 g/mol. The summed E-state index contributed by atoms with van der Waals surface area (Å²) < 4.78 is 19.2. The van der Waals surface area contributed by atoms with E-state index in [1.54, 1.807) is 13.1 Å². The SMILES string of the molecule is CCOCCCNC(=NC)NCCCN1CCN(c2ccccc2F)CC1.I. The summed E-state index contributed by atoms with van der Waals surface area (Å²) in [6.45, 7) is 10.0. The first-order valence-corrected chi connectivity index (χ1v) is 9.98. The lowest BCUT2D eigenvalue weighted by atomic mass is 10.2. The normalized spacial score (nSPS) is 15.2. The van der Waals surface area contributed by atoms with Crippen molar-refractivity contribution >= 4 is 35.6 Å². The maximum atomic E-state index is 13.9. The second kappa shape index (κ2) is 14.8. The van der Waals surface area contributed by atoms with Crippen molar-refractivity contribution in [2.24, 2.45) is 4.99 Å². The third kappa shape index (κ3) is 8.91. The summed E-state index contributed by atoms with van der Waals surface area (Å²) in [6.07, 6.45) is 2.03. The van der Waals surface area contributed by atoms with Crippen LogP contribution in [0.2, 0.25) is 0 Å². The van der Waals surface area contributed by atoms with E-state index in [1.165, 1.54) is 6.07 Å². The van der Waals surface area contributed by atoms with Gasteiger partial charge in [0.05, 0.1) is 5.69 Å². The zero-order chi connectivity index (χ0) is 19.3. The molecule has 2 rings (SSSR count). The van der Waals surface area contributed by atoms with E-state index < -0.39 is 0 Å². The molecule has 0 aromatic heterocycles. The molecule has 160 valence electrons. The van der Waals surface area contributed by atoms with Crippen LogP contribution >= 0.6 is 24.0 Å². The van der Waals surface area contributed by atoms with Crippen LogP contribution in [0.5, 0.6) is 0 Å². The number of benzene rings is 1. The number of nitrogens with zero attached hydrogens (tertiary/aromatic N) is 3. The predicted molar refractivity (Wildman–Crippen MR) is 126 cm³/mol. The van der Waals surface area contributed by atoms with Crippen molar-refractivity contribution in [3.63, 3.8) is 0 Å². The highest BCUT2D eigenvalue weighted by molar-refractivity contribution is 14.0. The Bertz CT molecular complexity index is 567. The number of aliphatic imine (C=N–C) groups is 1. The zero-order valence-corrected chi connectivity index (χ0v) is 19.5. The molecular formula is C20H35FIN5O. The highest BCUT2D eigenvalue weighted by Crippen LogP contribution is 2.20. The molecule has 0 saturated carbocycles. The van der Waals surface area contributed by atoms with E-state index in [0.29, 0.717) is 0 Å². The fourth-order valence-corrected chi connectivity index (χ4v) is 3.18. The molecule has 1 aliphatic heterocycles. The number of piperazine rings is 1. The van der Waals surface area contributed by atoms with E-state index in [-0.39, 0.29) is 29.8 Å². The van der Waals surface area contributed by atoms with E-state index >= 15 is 0 Å². The highest BCUT2D eigenvalue weighted by Gasteiger charge is 2.18. The predicted octanol–water partition coefficient (Wildman–Crippen LogP) is 2.55. The summed E-state index contributed by atoms with van der Waals surface area (Å²) in [5, 5.41) is 6.65. The monoisotopic (exact) mass is 507 g/mol. The number of anilines is 1. The summed E-state index contributed by atoms with van der Waals surface area (Å²) in [7, 11) is 1.79. The van der Waals surface area contributed by atoms with Crippen molar-refractivity contribution < 1.29 is 9.13 Å². The van der Waals surface area contributed by atoms with Crippen molar-refractivity contribution in [2.45, 2.75) is 19.8 Å². The van der Waals surface area contributed by atoms with E-state index in [2.05, 4.69) is 25.4 Å². The van der Waals surface area contributed by atoms with Gasteiger partial charge in [0.1, 0.15) is 5.82 Å². The molecule has 1 saturated heterocycles. The lowest BCUT2D eigenvalue weighted by molar-refractivity contribution is 0.145. The van der Waals surface area contributed by atoms with Crippen LogP contribution in [0.25, 0.3) is 0 Å². The Morgan fingerprint density at radius 1 is 1.11 bits per heavy atom. The molecule has 0 aliphatic carbocycles. The summed E-state index contributed by atoms with van der Waals surface area (Å²) in [5.41, 5.74) is 0.720. The molecule has 1 aromatic carbocycles. The molecule has 0 radical (unpaired) electrons. The molecule has 1 fully saturated rings. The molecule has 1 aromatic rings. The van der Waals surface area contributed by atoms with Gasteiger partial charge in [0.15, 0.2) is 5.96 Å². The third-order valence-corrected chi connectivity index (χ3v) is 4.69. The second-order valence-corrected chi connectivity index (χ2v) is 6.61. The first-order chi connectivity index (χ1) is 13.2. The lowest BCUT2D eigenvalue weighted by Crippen LogP contribution is -2.47. The Hall–Kier alpha value is -1.13. The van der Waals surface area contributed by atoms with Gasteiger partial charge in [-0.15, -0.1) is 24.0 Å². The first kappa shape index (κ1) is 24.9. The maximum Gasteiger partial charge on any atom is 0.190 e. The molecule has 8 heteroatoms. The Labute approximate surface area is 185 Å². The quantitative estimate of drug-likeness (QED) is 0.221. The fourth-order valence-electron chi connectivity index (χ4n) is 3.18. The Morgan fingerprint density at radius 3 is 2.43 bits per heavy atom. The average molecular weight is 507 g/mol. The number of para-hydroxylation sites is 1. The summed E-state index contributed by atoms with van der Waals surface area (Å²) in [5.74, 6) is 0.714. The van der Waals surface area contributed by atoms with Gasteiger partial charge in [-0.05, 0) is 38.4 Å². The first-order valence-electron chi connectivity index (χ1n) is 9.98. The number of rotatable bonds is 10. The maximum absolute atomic E-state index is 13.9. The van der Waals surface area contributed by atoms with Crippen molar-refractivity contribution in [1.29, 1.82) is 0 Å². The third-order valence-electron chi connectivity index (χ3n) is 4.69. The van der Waals surface area contributed by atoms with Crippen LogP contribution in [-0.4, -0.2) is 76.9 Å². The van der Waals surface area contributed by atoms with Gasteiger partial charge < -0.3 is 20.3 Å². The molecule has 2 N–H and O–H groups in total. The molecule has 1 aliphatic rings. The highest BCUT2D eigenvalue weighted by atomic mass is 127. The van der Waals surface area contributed by atoms with E-state index in [9.17, 15) is 4.39 Å². The van der Waals surface area contributed by atoms with Gasteiger partial charge in [0.25, 0.3) is 0 Å². The van der Waals surface area contributed by atoms with Crippen LogP contribution in [0.3, 0.4) is 0 Å². The van der Waals surface area contributed by atoms with E-state index in [4.69, 9.17) is 4.74 Å². The van der Waals surface area contributed by atoms with Crippen LogP contribution < -0.4 is 15.5 Å². The van der Waals surface area contributed by atoms with Crippen molar-refractivity contribution in [1.82, 2.24) is 15.5 Å². The minimum Gasteiger partial charge on any atom is -0.382 e. The van der Waals surface area contributed by atoms with Crippen LogP contribution in [-0.2, 0) is 4.74 Å². The number of hydrogen-bond donors (Lipinski definition) is 2. The number of ether oxygens (including phenoxy) is 1. The number of hydrogen-bond acceptors (Lipinski definition) is 4. The summed E-state index contributed by atoms with van der Waals surface area (Å²) in [6, 6.07) is 7.03. The van der Waals surface area contributed by atoms with Crippen LogP contribution in [0.15, 0.2) is 29.3 Å². The summed E-state index contributed by atoms with van der Waals surface area (Å²) in [4.78, 5) is 8.82. The van der Waals surface area contributed by atoms with Crippen molar-refractivity contribution in [3.05, 3.63) is 30.1 Å². The fraction of sp³-hybridized carbons (Fsp3) is 0.650. The van der Waals surface area contributed by atoms with Gasteiger partial charge >= 0.3 is 0 Å². The molecule has 0 spiro atoms. The molecule has 0 amide bonds. The standard InChI is InChI=1S/C20H34FN5O.HI/c1-3-27-17-7-11-24-20(22-2)23-10-6-12-25-13-15-26(16-14-25)19-9-5-4-8-18(19)21;/h4-5,8-9H,3,6-7,10-17H2,1-2H3,(H2,22,23,24);1H. The Balaban J connectivity index is 0.00000392.